The smallest absolute Gasteiger partial charge is 0.251 e. The van der Waals surface area contributed by atoms with Gasteiger partial charge >= 0.3 is 0 Å². The predicted molar refractivity (Wildman–Crippen MR) is 114 cm³/mol. The van der Waals surface area contributed by atoms with E-state index in [1.807, 2.05) is 0 Å². The first-order valence-electron chi connectivity index (χ1n) is 8.88. The third-order valence-electron chi connectivity index (χ3n) is 4.27. The summed E-state index contributed by atoms with van der Waals surface area (Å²) in [5.74, 6) is -2.42. The first kappa shape index (κ1) is 23.9. The highest BCUT2D eigenvalue weighted by Gasteiger charge is 2.24. The van der Waals surface area contributed by atoms with Crippen LogP contribution in [0, 0.1) is 5.82 Å². The molecular formula is C20H19Cl3FN3O3. The fourth-order valence-corrected chi connectivity index (χ4v) is 3.33. The Morgan fingerprint density at radius 1 is 1.03 bits per heavy atom. The van der Waals surface area contributed by atoms with E-state index in [2.05, 4.69) is 10.6 Å². The van der Waals surface area contributed by atoms with E-state index in [0.29, 0.717) is 10.6 Å². The zero-order valence-corrected chi connectivity index (χ0v) is 18.1. The Morgan fingerprint density at radius 3 is 2.27 bits per heavy atom. The Morgan fingerprint density at radius 2 is 1.67 bits per heavy atom. The Bertz CT molecular complexity index is 954. The number of benzene rings is 2. The van der Waals surface area contributed by atoms with Gasteiger partial charge in [0.15, 0.2) is 0 Å². The molecule has 2 atom stereocenters. The van der Waals surface area contributed by atoms with E-state index in [9.17, 15) is 18.8 Å². The van der Waals surface area contributed by atoms with Crippen molar-refractivity contribution in [3.05, 3.63) is 68.4 Å². The normalized spacial score (nSPS) is 12.7. The molecule has 0 saturated heterocycles. The van der Waals surface area contributed by atoms with Gasteiger partial charge in [-0.15, -0.1) is 0 Å². The maximum Gasteiger partial charge on any atom is 0.251 e. The summed E-state index contributed by atoms with van der Waals surface area (Å²) in [4.78, 5) is 36.4. The molecule has 0 fully saturated rings. The number of primary amides is 1. The van der Waals surface area contributed by atoms with Crippen molar-refractivity contribution in [3.63, 3.8) is 0 Å². The van der Waals surface area contributed by atoms with E-state index >= 15 is 0 Å². The number of rotatable bonds is 8. The van der Waals surface area contributed by atoms with Crippen LogP contribution in [0.5, 0.6) is 0 Å². The number of hydrogen-bond acceptors (Lipinski definition) is 3. The lowest BCUT2D eigenvalue weighted by Crippen LogP contribution is -2.47. The van der Waals surface area contributed by atoms with Gasteiger partial charge in [0.05, 0.1) is 11.1 Å². The number of amides is 3. The molecule has 160 valence electrons. The minimum atomic E-state index is -1.06. The lowest BCUT2D eigenvalue weighted by molar-refractivity contribution is -0.124. The van der Waals surface area contributed by atoms with Crippen molar-refractivity contribution in [2.24, 2.45) is 5.73 Å². The zero-order valence-electron chi connectivity index (χ0n) is 15.8. The van der Waals surface area contributed by atoms with Gasteiger partial charge in [0.25, 0.3) is 5.91 Å². The highest BCUT2D eigenvalue weighted by Crippen LogP contribution is 2.28. The van der Waals surface area contributed by atoms with E-state index < -0.39 is 35.6 Å². The van der Waals surface area contributed by atoms with Crippen molar-refractivity contribution in [1.29, 1.82) is 0 Å². The zero-order chi connectivity index (χ0) is 22.4. The summed E-state index contributed by atoms with van der Waals surface area (Å²) in [6.07, 6.45) is -0.139. The second-order valence-corrected chi connectivity index (χ2v) is 7.81. The average Bonchev–Trinajstić information content (AvgIpc) is 2.67. The second kappa shape index (κ2) is 10.6. The highest BCUT2D eigenvalue weighted by molar-refractivity contribution is 6.35. The van der Waals surface area contributed by atoms with Gasteiger partial charge in [0, 0.05) is 22.0 Å². The molecule has 0 aliphatic rings. The van der Waals surface area contributed by atoms with Gasteiger partial charge in [-0.1, -0.05) is 34.8 Å². The lowest BCUT2D eigenvalue weighted by Gasteiger charge is -2.22. The number of nitrogens with one attached hydrogen (secondary N) is 2. The van der Waals surface area contributed by atoms with Crippen LogP contribution in [0.1, 0.15) is 41.7 Å². The van der Waals surface area contributed by atoms with Crippen LogP contribution in [-0.4, -0.2) is 23.8 Å². The molecule has 0 saturated carbocycles. The van der Waals surface area contributed by atoms with Crippen LogP contribution in [-0.2, 0) is 9.59 Å². The molecule has 0 aromatic heterocycles. The van der Waals surface area contributed by atoms with Crippen LogP contribution >= 0.6 is 34.8 Å². The minimum absolute atomic E-state index is 0.0179. The van der Waals surface area contributed by atoms with Crippen molar-refractivity contribution >= 4 is 52.5 Å². The monoisotopic (exact) mass is 473 g/mol. The Balaban J connectivity index is 2.16. The molecule has 0 spiro atoms. The summed E-state index contributed by atoms with van der Waals surface area (Å²) in [5.41, 5.74) is 5.77. The van der Waals surface area contributed by atoms with Gasteiger partial charge in [-0.3, -0.25) is 14.4 Å². The van der Waals surface area contributed by atoms with E-state index in [-0.39, 0.29) is 28.5 Å². The van der Waals surface area contributed by atoms with E-state index in [1.54, 1.807) is 6.92 Å². The van der Waals surface area contributed by atoms with Gasteiger partial charge in [0.2, 0.25) is 11.8 Å². The molecule has 0 bridgehead atoms. The van der Waals surface area contributed by atoms with Crippen LogP contribution in [0.2, 0.25) is 15.1 Å². The number of nitrogens with two attached hydrogens (primary N) is 1. The summed E-state index contributed by atoms with van der Waals surface area (Å²) in [6.45, 7) is 1.60. The molecule has 2 aromatic rings. The summed E-state index contributed by atoms with van der Waals surface area (Å²) in [6, 6.07) is 6.68. The first-order chi connectivity index (χ1) is 14.1. The summed E-state index contributed by atoms with van der Waals surface area (Å²) in [7, 11) is 0. The topological polar surface area (TPSA) is 101 Å². The average molecular weight is 475 g/mol. The predicted octanol–water partition coefficient (Wildman–Crippen LogP) is 4.03. The molecule has 0 heterocycles. The van der Waals surface area contributed by atoms with Crippen molar-refractivity contribution in [1.82, 2.24) is 10.6 Å². The number of carbonyl (C=O) groups is 3. The van der Waals surface area contributed by atoms with E-state index in [0.717, 1.165) is 6.07 Å². The Labute approximate surface area is 187 Å². The Hall–Kier alpha value is -2.35. The van der Waals surface area contributed by atoms with Gasteiger partial charge in [-0.25, -0.2) is 4.39 Å². The molecule has 0 radical (unpaired) electrons. The van der Waals surface area contributed by atoms with Crippen LogP contribution in [0.15, 0.2) is 36.4 Å². The first-order valence-corrected chi connectivity index (χ1v) is 10.0. The molecule has 0 aliphatic carbocycles. The highest BCUT2D eigenvalue weighted by atomic mass is 35.5. The van der Waals surface area contributed by atoms with Crippen molar-refractivity contribution in [2.75, 3.05) is 0 Å². The fraction of sp³-hybridized carbons (Fsp3) is 0.250. The van der Waals surface area contributed by atoms with Gasteiger partial charge < -0.3 is 16.4 Å². The van der Waals surface area contributed by atoms with Crippen LogP contribution in [0.3, 0.4) is 0 Å². The number of hydrogen-bond donors (Lipinski definition) is 3. The van der Waals surface area contributed by atoms with Gasteiger partial charge in [0.1, 0.15) is 11.9 Å². The van der Waals surface area contributed by atoms with Crippen molar-refractivity contribution in [2.45, 2.75) is 31.8 Å². The maximum absolute atomic E-state index is 13.8. The van der Waals surface area contributed by atoms with E-state index in [1.165, 1.54) is 30.3 Å². The van der Waals surface area contributed by atoms with Crippen LogP contribution in [0.25, 0.3) is 0 Å². The standard InChI is InChI=1S/C20H19Cl3FN3O3/c1-10(13-8-16(24)15(23)9-14(13)22)26-20(30)17(6-7-18(25)28)27-19(29)11-2-4-12(21)5-3-11/h2-5,8-10,17H,6-7H2,1H3,(H2,25,28)(H,26,30)(H,27,29)/t10-,17+/m1/s1. The second-order valence-electron chi connectivity index (χ2n) is 6.56. The fourth-order valence-electron chi connectivity index (χ4n) is 2.66. The molecule has 2 aromatic carbocycles. The molecule has 0 aliphatic heterocycles. The number of halogens is 4. The van der Waals surface area contributed by atoms with E-state index in [4.69, 9.17) is 40.5 Å². The van der Waals surface area contributed by atoms with Crippen molar-refractivity contribution < 1.29 is 18.8 Å². The summed E-state index contributed by atoms with van der Waals surface area (Å²) < 4.78 is 13.8. The lowest BCUT2D eigenvalue weighted by atomic mass is 10.1. The van der Waals surface area contributed by atoms with Gasteiger partial charge in [-0.2, -0.15) is 0 Å². The van der Waals surface area contributed by atoms with Gasteiger partial charge in [-0.05, 0) is 55.3 Å². The third kappa shape index (κ3) is 6.58. The SMILES string of the molecule is C[C@@H](NC(=O)[C@H](CCC(N)=O)NC(=O)c1ccc(Cl)cc1)c1cc(F)c(Cl)cc1Cl. The third-order valence-corrected chi connectivity index (χ3v) is 5.14. The quantitative estimate of drug-likeness (QED) is 0.504. The Kier molecular flexibility index (Phi) is 8.46. The summed E-state index contributed by atoms with van der Waals surface area (Å²) >= 11 is 17.6. The molecule has 10 heteroatoms. The molecule has 6 nitrogen and oxygen atoms in total. The largest absolute Gasteiger partial charge is 0.370 e. The molecular weight excluding hydrogens is 456 g/mol. The summed E-state index contributed by atoms with van der Waals surface area (Å²) in [5, 5.41) is 5.71. The molecule has 3 amide bonds. The van der Waals surface area contributed by atoms with Crippen molar-refractivity contribution in [3.8, 4) is 0 Å². The number of carbonyl (C=O) groups excluding carboxylic acids is 3. The molecule has 30 heavy (non-hydrogen) atoms. The molecule has 2 rings (SSSR count). The maximum atomic E-state index is 13.8. The van der Waals surface area contributed by atoms with Crippen LogP contribution < -0.4 is 16.4 Å². The minimum Gasteiger partial charge on any atom is -0.370 e. The molecule has 4 N–H and O–H groups in total. The van der Waals surface area contributed by atoms with Crippen LogP contribution in [0.4, 0.5) is 4.39 Å². The molecule has 0 unspecified atom stereocenters.